The van der Waals surface area contributed by atoms with Gasteiger partial charge in [0.15, 0.2) is 0 Å². The molecule has 1 amide bonds. The Labute approximate surface area is 132 Å². The van der Waals surface area contributed by atoms with Gasteiger partial charge in [-0.25, -0.2) is 19.0 Å². The van der Waals surface area contributed by atoms with Crippen LogP contribution in [0, 0.1) is 19.7 Å². The Hall–Kier alpha value is -3.09. The van der Waals surface area contributed by atoms with E-state index < -0.39 is 11.7 Å². The molecule has 0 aromatic carbocycles. The summed E-state index contributed by atoms with van der Waals surface area (Å²) in [7, 11) is 0. The zero-order chi connectivity index (χ0) is 16.4. The van der Waals surface area contributed by atoms with Crippen molar-refractivity contribution in [3.63, 3.8) is 0 Å². The summed E-state index contributed by atoms with van der Waals surface area (Å²) in [6.45, 7) is 3.72. The highest BCUT2D eigenvalue weighted by Crippen LogP contribution is 2.14. The Balaban J connectivity index is 1.90. The molecule has 0 radical (unpaired) electrons. The highest BCUT2D eigenvalue weighted by molar-refractivity contribution is 6.02. The maximum Gasteiger partial charge on any atom is 0.275 e. The van der Waals surface area contributed by atoms with E-state index in [0.717, 1.165) is 17.6 Å². The summed E-state index contributed by atoms with van der Waals surface area (Å²) in [5.74, 6) is -0.622. The molecule has 0 saturated carbocycles. The molecule has 3 aromatic rings. The third kappa shape index (κ3) is 3.23. The summed E-state index contributed by atoms with van der Waals surface area (Å²) in [5, 5.41) is 6.82. The van der Waals surface area contributed by atoms with E-state index in [1.807, 2.05) is 19.1 Å². The van der Waals surface area contributed by atoms with Crippen molar-refractivity contribution < 1.29 is 9.18 Å². The molecule has 3 heterocycles. The Kier molecular flexibility index (Phi) is 3.84. The molecule has 3 rings (SSSR count). The molecule has 0 unspecified atom stereocenters. The van der Waals surface area contributed by atoms with E-state index in [-0.39, 0.29) is 11.5 Å². The van der Waals surface area contributed by atoms with Crippen molar-refractivity contribution in [3.8, 4) is 5.69 Å². The van der Waals surface area contributed by atoms with Gasteiger partial charge in [0.2, 0.25) is 0 Å². The van der Waals surface area contributed by atoms with E-state index in [4.69, 9.17) is 0 Å². The van der Waals surface area contributed by atoms with Crippen molar-refractivity contribution in [2.24, 2.45) is 0 Å². The molecule has 3 aromatic heterocycles. The SMILES string of the molecule is Cc1cc(-n2nccc2C)cc(C(=O)Nc2ccc(F)cn2)n1. The minimum Gasteiger partial charge on any atom is -0.305 e. The van der Waals surface area contributed by atoms with E-state index in [1.165, 1.54) is 12.1 Å². The lowest BCUT2D eigenvalue weighted by Gasteiger charge is -2.09. The molecule has 0 fully saturated rings. The van der Waals surface area contributed by atoms with Gasteiger partial charge in [0.25, 0.3) is 5.91 Å². The number of aryl methyl sites for hydroxylation is 2. The number of hydrogen-bond donors (Lipinski definition) is 1. The van der Waals surface area contributed by atoms with Gasteiger partial charge in [-0.05, 0) is 44.2 Å². The number of carbonyl (C=O) groups excluding carboxylic acids is 1. The first-order chi connectivity index (χ1) is 11.0. The summed E-state index contributed by atoms with van der Waals surface area (Å²) in [6, 6.07) is 7.98. The van der Waals surface area contributed by atoms with Gasteiger partial charge in [0.1, 0.15) is 17.3 Å². The summed E-state index contributed by atoms with van der Waals surface area (Å²) in [5.41, 5.74) is 2.62. The van der Waals surface area contributed by atoms with E-state index in [9.17, 15) is 9.18 Å². The number of carbonyl (C=O) groups is 1. The van der Waals surface area contributed by atoms with Gasteiger partial charge in [0.05, 0.1) is 11.9 Å². The fourth-order valence-corrected chi connectivity index (χ4v) is 2.16. The third-order valence-corrected chi connectivity index (χ3v) is 3.22. The van der Waals surface area contributed by atoms with Crippen LogP contribution in [0.4, 0.5) is 10.2 Å². The molecule has 0 aliphatic carbocycles. The highest BCUT2D eigenvalue weighted by atomic mass is 19.1. The number of nitrogens with zero attached hydrogens (tertiary/aromatic N) is 4. The zero-order valence-corrected chi connectivity index (χ0v) is 12.6. The monoisotopic (exact) mass is 311 g/mol. The smallest absolute Gasteiger partial charge is 0.275 e. The molecule has 0 spiro atoms. The van der Waals surface area contributed by atoms with Gasteiger partial charge < -0.3 is 5.32 Å². The standard InChI is InChI=1S/C16H14FN5O/c1-10-7-13(22-11(2)5-6-19-22)8-14(20-10)16(23)21-15-4-3-12(17)9-18-15/h3-9H,1-2H3,(H,18,21,23). The fraction of sp³-hybridized carbons (Fsp3) is 0.125. The summed E-state index contributed by atoms with van der Waals surface area (Å²) < 4.78 is 14.6. The van der Waals surface area contributed by atoms with Crippen LogP contribution >= 0.6 is 0 Å². The number of hydrogen-bond acceptors (Lipinski definition) is 4. The van der Waals surface area contributed by atoms with Crippen molar-refractivity contribution in [1.29, 1.82) is 0 Å². The lowest BCUT2D eigenvalue weighted by atomic mass is 10.2. The van der Waals surface area contributed by atoms with Crippen LogP contribution in [0.3, 0.4) is 0 Å². The second-order valence-corrected chi connectivity index (χ2v) is 5.05. The minimum atomic E-state index is -0.465. The first-order valence-corrected chi connectivity index (χ1v) is 6.95. The molecule has 1 N–H and O–H groups in total. The lowest BCUT2D eigenvalue weighted by molar-refractivity contribution is 0.102. The van der Waals surface area contributed by atoms with E-state index in [0.29, 0.717) is 5.69 Å². The predicted octanol–water partition coefficient (Wildman–Crippen LogP) is 2.67. The quantitative estimate of drug-likeness (QED) is 0.807. The molecule has 0 saturated heterocycles. The first-order valence-electron chi connectivity index (χ1n) is 6.95. The Morgan fingerprint density at radius 3 is 2.70 bits per heavy atom. The van der Waals surface area contributed by atoms with Gasteiger partial charge >= 0.3 is 0 Å². The molecule has 0 aliphatic heterocycles. The summed E-state index contributed by atoms with van der Waals surface area (Å²) >= 11 is 0. The molecule has 7 heteroatoms. The Bertz CT molecular complexity index is 857. The highest BCUT2D eigenvalue weighted by Gasteiger charge is 2.12. The van der Waals surface area contributed by atoms with Gasteiger partial charge in [-0.15, -0.1) is 0 Å². The fourth-order valence-electron chi connectivity index (χ4n) is 2.16. The third-order valence-electron chi connectivity index (χ3n) is 3.22. The van der Waals surface area contributed by atoms with Crippen molar-refractivity contribution in [2.45, 2.75) is 13.8 Å². The number of rotatable bonds is 3. The van der Waals surface area contributed by atoms with Crippen molar-refractivity contribution in [3.05, 3.63) is 65.6 Å². The number of amides is 1. The topological polar surface area (TPSA) is 72.7 Å². The number of nitrogens with one attached hydrogen (secondary N) is 1. The van der Waals surface area contributed by atoms with Crippen LogP contribution in [0.15, 0.2) is 42.7 Å². The van der Waals surface area contributed by atoms with Gasteiger partial charge in [-0.3, -0.25) is 4.79 Å². The van der Waals surface area contributed by atoms with Crippen molar-refractivity contribution >= 4 is 11.7 Å². The molecule has 0 aliphatic rings. The first kappa shape index (κ1) is 14.8. The number of aromatic nitrogens is 4. The number of anilines is 1. The summed E-state index contributed by atoms with van der Waals surface area (Å²) in [4.78, 5) is 20.4. The average molecular weight is 311 g/mol. The predicted molar refractivity (Wildman–Crippen MR) is 83.0 cm³/mol. The molecule has 116 valence electrons. The minimum absolute atomic E-state index is 0.237. The average Bonchev–Trinajstić information content (AvgIpc) is 2.95. The van der Waals surface area contributed by atoms with Crippen LogP contribution in [-0.4, -0.2) is 25.7 Å². The second kappa shape index (κ2) is 5.96. The summed E-state index contributed by atoms with van der Waals surface area (Å²) in [6.07, 6.45) is 2.73. The molecular weight excluding hydrogens is 297 g/mol. The molecule has 6 nitrogen and oxygen atoms in total. The number of halogens is 1. The van der Waals surface area contributed by atoms with Crippen LogP contribution in [0.1, 0.15) is 21.9 Å². The van der Waals surface area contributed by atoms with Crippen LogP contribution in [0.25, 0.3) is 5.69 Å². The van der Waals surface area contributed by atoms with E-state index in [1.54, 1.807) is 23.9 Å². The molecule has 23 heavy (non-hydrogen) atoms. The lowest BCUT2D eigenvalue weighted by Crippen LogP contribution is -2.16. The number of pyridine rings is 2. The maximum absolute atomic E-state index is 12.9. The molecule has 0 atom stereocenters. The normalized spacial score (nSPS) is 10.6. The molecule has 0 bridgehead atoms. The Morgan fingerprint density at radius 2 is 2.04 bits per heavy atom. The van der Waals surface area contributed by atoms with Gasteiger partial charge in [-0.2, -0.15) is 5.10 Å². The Morgan fingerprint density at radius 1 is 1.22 bits per heavy atom. The van der Waals surface area contributed by atoms with Gasteiger partial charge in [0, 0.05) is 17.6 Å². The van der Waals surface area contributed by atoms with Crippen molar-refractivity contribution in [2.75, 3.05) is 5.32 Å². The second-order valence-electron chi connectivity index (χ2n) is 5.05. The molecular formula is C16H14FN5O. The van der Waals surface area contributed by atoms with E-state index >= 15 is 0 Å². The van der Waals surface area contributed by atoms with Crippen LogP contribution in [0.5, 0.6) is 0 Å². The maximum atomic E-state index is 12.9. The zero-order valence-electron chi connectivity index (χ0n) is 12.6. The van der Waals surface area contributed by atoms with Crippen LogP contribution in [0.2, 0.25) is 0 Å². The van der Waals surface area contributed by atoms with E-state index in [2.05, 4.69) is 20.4 Å². The van der Waals surface area contributed by atoms with Crippen LogP contribution in [-0.2, 0) is 0 Å². The van der Waals surface area contributed by atoms with Crippen LogP contribution < -0.4 is 5.32 Å². The van der Waals surface area contributed by atoms with Crippen molar-refractivity contribution in [1.82, 2.24) is 19.7 Å². The largest absolute Gasteiger partial charge is 0.305 e. The van der Waals surface area contributed by atoms with Gasteiger partial charge in [-0.1, -0.05) is 0 Å².